The van der Waals surface area contributed by atoms with Crippen molar-refractivity contribution in [3.63, 3.8) is 0 Å². The molecule has 0 unspecified atom stereocenters. The molecule has 2 heterocycles. The highest BCUT2D eigenvalue weighted by Gasteiger charge is 2.26. The third kappa shape index (κ3) is 4.02. The van der Waals surface area contributed by atoms with Crippen LogP contribution in [0.15, 0.2) is 48.8 Å². The average molecular weight is 351 g/mol. The second-order valence-corrected chi connectivity index (χ2v) is 6.95. The molecule has 3 rings (SSSR count). The standard InChI is InChI=1S/C20H25N5O/c1-14(2)19(25-16(4)11-15(3)23-25)20(26)22-18-8-5-7-17(12-18)13-24-10-6-9-21-24/h5-12,14,19H,13H2,1-4H3,(H,22,26)/t19-/m1/s1. The van der Waals surface area contributed by atoms with Crippen LogP contribution < -0.4 is 5.32 Å². The molecule has 0 bridgehead atoms. The summed E-state index contributed by atoms with van der Waals surface area (Å²) in [5.74, 6) is 0.0719. The lowest BCUT2D eigenvalue weighted by Crippen LogP contribution is -2.31. The zero-order chi connectivity index (χ0) is 18.7. The monoisotopic (exact) mass is 351 g/mol. The summed E-state index contributed by atoms with van der Waals surface area (Å²) in [4.78, 5) is 13.0. The Labute approximate surface area is 153 Å². The lowest BCUT2D eigenvalue weighted by Gasteiger charge is -2.22. The van der Waals surface area contributed by atoms with Crippen molar-refractivity contribution in [1.29, 1.82) is 0 Å². The molecule has 0 aliphatic heterocycles. The Morgan fingerprint density at radius 1 is 1.19 bits per heavy atom. The van der Waals surface area contributed by atoms with Crippen LogP contribution in [0.1, 0.15) is 36.8 Å². The molecule has 1 amide bonds. The van der Waals surface area contributed by atoms with Gasteiger partial charge in [-0.05, 0) is 49.6 Å². The first kappa shape index (κ1) is 17.9. The molecule has 0 spiro atoms. The molecule has 1 aromatic carbocycles. The molecule has 0 fully saturated rings. The summed E-state index contributed by atoms with van der Waals surface area (Å²) in [6.07, 6.45) is 3.68. The van der Waals surface area contributed by atoms with Crippen LogP contribution >= 0.6 is 0 Å². The first-order valence-corrected chi connectivity index (χ1v) is 8.84. The van der Waals surface area contributed by atoms with Gasteiger partial charge in [-0.3, -0.25) is 14.2 Å². The predicted octanol–water partition coefficient (Wildman–Crippen LogP) is 3.58. The van der Waals surface area contributed by atoms with Gasteiger partial charge in [-0.1, -0.05) is 26.0 Å². The van der Waals surface area contributed by atoms with Crippen LogP contribution in [0, 0.1) is 19.8 Å². The van der Waals surface area contributed by atoms with Gasteiger partial charge in [0.25, 0.3) is 0 Å². The Morgan fingerprint density at radius 3 is 2.62 bits per heavy atom. The van der Waals surface area contributed by atoms with Crippen molar-refractivity contribution in [3.05, 3.63) is 65.7 Å². The number of anilines is 1. The Morgan fingerprint density at radius 2 is 2.00 bits per heavy atom. The van der Waals surface area contributed by atoms with Crippen molar-refractivity contribution >= 4 is 11.6 Å². The number of carbonyl (C=O) groups excluding carboxylic acids is 1. The van der Waals surface area contributed by atoms with E-state index in [1.54, 1.807) is 6.20 Å². The highest BCUT2D eigenvalue weighted by molar-refractivity contribution is 5.94. The van der Waals surface area contributed by atoms with Crippen molar-refractivity contribution < 1.29 is 4.79 Å². The van der Waals surface area contributed by atoms with E-state index in [1.165, 1.54) is 0 Å². The van der Waals surface area contributed by atoms with Crippen LogP contribution in [-0.2, 0) is 11.3 Å². The summed E-state index contributed by atoms with van der Waals surface area (Å²) in [7, 11) is 0. The molecule has 0 aliphatic rings. The first-order chi connectivity index (χ1) is 12.4. The van der Waals surface area contributed by atoms with E-state index in [9.17, 15) is 4.79 Å². The molecule has 136 valence electrons. The van der Waals surface area contributed by atoms with Gasteiger partial charge in [0.05, 0.1) is 12.2 Å². The van der Waals surface area contributed by atoms with Gasteiger partial charge in [0.15, 0.2) is 0 Å². The minimum absolute atomic E-state index is 0.0533. The van der Waals surface area contributed by atoms with Gasteiger partial charge in [-0.2, -0.15) is 10.2 Å². The van der Waals surface area contributed by atoms with Crippen molar-refractivity contribution in [1.82, 2.24) is 19.6 Å². The van der Waals surface area contributed by atoms with Crippen molar-refractivity contribution in [2.24, 2.45) is 5.92 Å². The molecular formula is C20H25N5O. The van der Waals surface area contributed by atoms with Gasteiger partial charge in [0.2, 0.25) is 5.91 Å². The molecule has 6 nitrogen and oxygen atoms in total. The van der Waals surface area contributed by atoms with E-state index < -0.39 is 0 Å². The molecule has 0 radical (unpaired) electrons. The quantitative estimate of drug-likeness (QED) is 0.738. The van der Waals surface area contributed by atoms with Crippen LogP contribution in [0.3, 0.4) is 0 Å². The lowest BCUT2D eigenvalue weighted by atomic mass is 10.0. The molecule has 0 saturated heterocycles. The number of nitrogens with one attached hydrogen (secondary N) is 1. The number of hydrogen-bond donors (Lipinski definition) is 1. The minimum atomic E-state index is -0.349. The molecule has 1 atom stereocenters. The molecule has 0 aliphatic carbocycles. The maximum atomic E-state index is 13.0. The summed E-state index contributed by atoms with van der Waals surface area (Å²) in [5, 5.41) is 11.8. The topological polar surface area (TPSA) is 64.7 Å². The predicted molar refractivity (Wildman–Crippen MR) is 102 cm³/mol. The molecule has 0 saturated carbocycles. The largest absolute Gasteiger partial charge is 0.324 e. The summed E-state index contributed by atoms with van der Waals surface area (Å²) in [6.45, 7) is 8.66. The maximum Gasteiger partial charge on any atom is 0.249 e. The fourth-order valence-corrected chi connectivity index (χ4v) is 3.17. The van der Waals surface area contributed by atoms with Crippen molar-refractivity contribution in [2.45, 2.75) is 40.3 Å². The van der Waals surface area contributed by atoms with E-state index in [4.69, 9.17) is 0 Å². The molecular weight excluding hydrogens is 326 g/mol. The maximum absolute atomic E-state index is 13.0. The second kappa shape index (κ2) is 7.56. The third-order valence-electron chi connectivity index (χ3n) is 4.31. The first-order valence-electron chi connectivity index (χ1n) is 8.84. The van der Waals surface area contributed by atoms with Crippen LogP contribution in [0.4, 0.5) is 5.69 Å². The number of amides is 1. The van der Waals surface area contributed by atoms with E-state index in [0.29, 0.717) is 6.54 Å². The molecule has 6 heteroatoms. The van der Waals surface area contributed by atoms with E-state index in [0.717, 1.165) is 22.6 Å². The van der Waals surface area contributed by atoms with Crippen molar-refractivity contribution in [2.75, 3.05) is 5.32 Å². The lowest BCUT2D eigenvalue weighted by molar-refractivity contribution is -0.120. The number of hydrogen-bond acceptors (Lipinski definition) is 3. The normalized spacial score (nSPS) is 12.3. The Kier molecular flexibility index (Phi) is 5.21. The number of aryl methyl sites for hydroxylation is 2. The molecule has 26 heavy (non-hydrogen) atoms. The Balaban J connectivity index is 1.78. The smallest absolute Gasteiger partial charge is 0.249 e. The summed E-state index contributed by atoms with van der Waals surface area (Å²) >= 11 is 0. The number of rotatable bonds is 6. The van der Waals surface area contributed by atoms with Gasteiger partial charge >= 0.3 is 0 Å². The zero-order valence-corrected chi connectivity index (χ0v) is 15.7. The van der Waals surface area contributed by atoms with E-state index in [1.807, 2.05) is 79.7 Å². The SMILES string of the molecule is Cc1cc(C)n([C@@H](C(=O)Nc2cccc(Cn3cccn3)c2)C(C)C)n1. The van der Waals surface area contributed by atoms with E-state index in [2.05, 4.69) is 15.5 Å². The van der Waals surface area contributed by atoms with Gasteiger partial charge in [-0.25, -0.2) is 0 Å². The fourth-order valence-electron chi connectivity index (χ4n) is 3.17. The Bertz CT molecular complexity index is 880. The summed E-state index contributed by atoms with van der Waals surface area (Å²) < 4.78 is 3.68. The second-order valence-electron chi connectivity index (χ2n) is 6.95. The van der Waals surface area contributed by atoms with Crippen molar-refractivity contribution in [3.8, 4) is 0 Å². The van der Waals surface area contributed by atoms with Crippen LogP contribution in [0.25, 0.3) is 0 Å². The van der Waals surface area contributed by atoms with Gasteiger partial charge in [0.1, 0.15) is 6.04 Å². The van der Waals surface area contributed by atoms with Crippen LogP contribution in [0.2, 0.25) is 0 Å². The van der Waals surface area contributed by atoms with Crippen LogP contribution in [0.5, 0.6) is 0 Å². The Hall–Kier alpha value is -2.89. The van der Waals surface area contributed by atoms with Gasteiger partial charge in [-0.15, -0.1) is 0 Å². The summed E-state index contributed by atoms with van der Waals surface area (Å²) in [6, 6.07) is 11.4. The number of carbonyl (C=O) groups is 1. The molecule has 3 aromatic rings. The third-order valence-corrected chi connectivity index (χ3v) is 4.31. The highest BCUT2D eigenvalue weighted by atomic mass is 16.2. The van der Waals surface area contributed by atoms with Gasteiger partial charge in [0, 0.05) is 23.8 Å². The number of aromatic nitrogens is 4. The van der Waals surface area contributed by atoms with Crippen LogP contribution in [-0.4, -0.2) is 25.5 Å². The van der Waals surface area contributed by atoms with E-state index >= 15 is 0 Å². The van der Waals surface area contributed by atoms with E-state index in [-0.39, 0.29) is 17.9 Å². The fraction of sp³-hybridized carbons (Fsp3) is 0.350. The number of nitrogens with zero attached hydrogens (tertiary/aromatic N) is 4. The molecule has 2 aromatic heterocycles. The zero-order valence-electron chi connectivity index (χ0n) is 15.7. The highest BCUT2D eigenvalue weighted by Crippen LogP contribution is 2.22. The number of benzene rings is 1. The average Bonchev–Trinajstić information content (AvgIpc) is 3.17. The summed E-state index contributed by atoms with van der Waals surface area (Å²) in [5.41, 5.74) is 3.77. The minimum Gasteiger partial charge on any atom is -0.324 e. The van der Waals surface area contributed by atoms with Gasteiger partial charge < -0.3 is 5.32 Å². The molecule has 1 N–H and O–H groups in total.